The molecule has 1 aliphatic carbocycles. The Bertz CT molecular complexity index is 437. The highest BCUT2D eigenvalue weighted by Gasteiger charge is 2.25. The molecule has 4 nitrogen and oxygen atoms in total. The van der Waals surface area contributed by atoms with Crippen LogP contribution in [0, 0.1) is 0 Å². The van der Waals surface area contributed by atoms with Crippen molar-refractivity contribution in [1.82, 2.24) is 10.6 Å². The van der Waals surface area contributed by atoms with E-state index in [0.29, 0.717) is 13.0 Å². The number of hydrogen-bond donors (Lipinski definition) is 3. The molecule has 0 radical (unpaired) electrons. The fourth-order valence-electron chi connectivity index (χ4n) is 2.25. The zero-order chi connectivity index (χ0) is 13.0. The molecule has 1 aromatic carbocycles. The largest absolute Gasteiger partial charge is 0.396 e. The summed E-state index contributed by atoms with van der Waals surface area (Å²) in [4.78, 5) is 11.6. The Kier molecular flexibility index (Phi) is 4.44. The molecule has 0 saturated heterocycles. The van der Waals surface area contributed by atoms with Gasteiger partial charge in [-0.3, -0.25) is 0 Å². The van der Waals surface area contributed by atoms with Crippen LogP contribution < -0.4 is 10.6 Å². The van der Waals surface area contributed by atoms with E-state index in [9.17, 15) is 4.79 Å². The molecule has 2 rings (SSSR count). The van der Waals surface area contributed by atoms with E-state index in [1.807, 2.05) is 18.2 Å². The van der Waals surface area contributed by atoms with Crippen molar-refractivity contribution in [3.8, 4) is 0 Å². The molecule has 0 bridgehead atoms. The van der Waals surface area contributed by atoms with E-state index >= 15 is 0 Å². The molecule has 18 heavy (non-hydrogen) atoms. The maximum absolute atomic E-state index is 11.6. The van der Waals surface area contributed by atoms with Crippen molar-refractivity contribution >= 4 is 17.6 Å². The van der Waals surface area contributed by atoms with Crippen LogP contribution in [-0.4, -0.2) is 24.3 Å². The summed E-state index contributed by atoms with van der Waals surface area (Å²) in [6.07, 6.45) is 2.35. The van der Waals surface area contributed by atoms with Crippen LogP contribution in [-0.2, 0) is 6.42 Å². The van der Waals surface area contributed by atoms with Gasteiger partial charge in [0.15, 0.2) is 0 Å². The highest BCUT2D eigenvalue weighted by Crippen LogP contribution is 2.35. The van der Waals surface area contributed by atoms with Gasteiger partial charge >= 0.3 is 6.03 Å². The lowest BCUT2D eigenvalue weighted by Gasteiger charge is -2.14. The first kappa shape index (κ1) is 13.2. The lowest BCUT2D eigenvalue weighted by atomic mass is 10.1. The van der Waals surface area contributed by atoms with Gasteiger partial charge in [-0.05, 0) is 36.5 Å². The summed E-state index contributed by atoms with van der Waals surface area (Å²) in [5, 5.41) is 15.1. The van der Waals surface area contributed by atoms with Crippen molar-refractivity contribution in [3.05, 3.63) is 34.3 Å². The van der Waals surface area contributed by atoms with E-state index in [4.69, 9.17) is 16.7 Å². The number of hydrogen-bond acceptors (Lipinski definition) is 2. The molecule has 5 heteroatoms. The Morgan fingerprint density at radius 1 is 1.50 bits per heavy atom. The smallest absolute Gasteiger partial charge is 0.315 e. The maximum Gasteiger partial charge on any atom is 0.315 e. The fourth-order valence-corrected chi connectivity index (χ4v) is 2.53. The van der Waals surface area contributed by atoms with Gasteiger partial charge in [-0.25, -0.2) is 4.79 Å². The predicted molar refractivity (Wildman–Crippen MR) is 70.8 cm³/mol. The summed E-state index contributed by atoms with van der Waals surface area (Å²) in [5.74, 6) is 0. The molecule has 1 unspecified atom stereocenters. The summed E-state index contributed by atoms with van der Waals surface area (Å²) in [6.45, 7) is 0.569. The van der Waals surface area contributed by atoms with Gasteiger partial charge in [0.25, 0.3) is 0 Å². The lowest BCUT2D eigenvalue weighted by molar-refractivity contribution is 0.234. The van der Waals surface area contributed by atoms with Crippen LogP contribution in [0.1, 0.15) is 30.0 Å². The molecule has 0 saturated carbocycles. The fraction of sp³-hybridized carbons (Fsp3) is 0.462. The minimum atomic E-state index is -0.193. The molecular formula is C13H17ClN2O2. The summed E-state index contributed by atoms with van der Waals surface area (Å²) in [7, 11) is 0. The van der Waals surface area contributed by atoms with Crippen LogP contribution in [0.3, 0.4) is 0 Å². The highest BCUT2D eigenvalue weighted by molar-refractivity contribution is 6.31. The van der Waals surface area contributed by atoms with Crippen molar-refractivity contribution in [2.45, 2.75) is 25.3 Å². The van der Waals surface area contributed by atoms with Gasteiger partial charge in [0.2, 0.25) is 0 Å². The third kappa shape index (κ3) is 2.94. The Hall–Kier alpha value is -1.26. The third-order valence-electron chi connectivity index (χ3n) is 3.14. The monoisotopic (exact) mass is 268 g/mol. The molecule has 0 aliphatic heterocycles. The molecule has 0 fully saturated rings. The van der Waals surface area contributed by atoms with Gasteiger partial charge in [0, 0.05) is 18.2 Å². The summed E-state index contributed by atoms with van der Waals surface area (Å²) < 4.78 is 0. The minimum Gasteiger partial charge on any atom is -0.396 e. The molecule has 1 aromatic rings. The van der Waals surface area contributed by atoms with Crippen molar-refractivity contribution in [3.63, 3.8) is 0 Å². The topological polar surface area (TPSA) is 61.4 Å². The Morgan fingerprint density at radius 3 is 3.11 bits per heavy atom. The number of benzene rings is 1. The first-order chi connectivity index (χ1) is 8.72. The van der Waals surface area contributed by atoms with Crippen LogP contribution >= 0.6 is 11.6 Å². The average Bonchev–Trinajstić information content (AvgIpc) is 2.74. The Morgan fingerprint density at radius 2 is 2.33 bits per heavy atom. The zero-order valence-electron chi connectivity index (χ0n) is 10.1. The summed E-state index contributed by atoms with van der Waals surface area (Å²) in [5.41, 5.74) is 2.25. The summed E-state index contributed by atoms with van der Waals surface area (Å²) in [6, 6.07) is 5.64. The second-order valence-electron chi connectivity index (χ2n) is 4.38. The van der Waals surface area contributed by atoms with Crippen molar-refractivity contribution in [2.75, 3.05) is 13.2 Å². The number of carbonyl (C=O) groups is 1. The quantitative estimate of drug-likeness (QED) is 0.732. The number of rotatable bonds is 4. The molecule has 2 amide bonds. The van der Waals surface area contributed by atoms with Gasteiger partial charge in [-0.15, -0.1) is 0 Å². The highest BCUT2D eigenvalue weighted by atomic mass is 35.5. The van der Waals surface area contributed by atoms with E-state index in [-0.39, 0.29) is 18.7 Å². The van der Waals surface area contributed by atoms with E-state index < -0.39 is 0 Å². The predicted octanol–water partition coefficient (Wildman–Crippen LogP) is 2.01. The number of urea groups is 1. The standard InChI is InChI=1S/C13H17ClN2O2/c14-11-4-1-3-10-9(11)5-6-12(10)16-13(18)15-7-2-8-17/h1,3-4,12,17H,2,5-8H2,(H2,15,16,18). The average molecular weight is 269 g/mol. The first-order valence-corrected chi connectivity index (χ1v) is 6.52. The van der Waals surface area contributed by atoms with Gasteiger partial charge < -0.3 is 15.7 Å². The van der Waals surface area contributed by atoms with E-state index in [0.717, 1.165) is 29.0 Å². The third-order valence-corrected chi connectivity index (χ3v) is 3.49. The number of carbonyl (C=O) groups excluding carboxylic acids is 1. The van der Waals surface area contributed by atoms with E-state index in [1.165, 1.54) is 0 Å². The summed E-state index contributed by atoms with van der Waals surface area (Å²) >= 11 is 6.12. The van der Waals surface area contributed by atoms with E-state index in [1.54, 1.807) is 0 Å². The molecular weight excluding hydrogens is 252 g/mol. The molecule has 0 aromatic heterocycles. The van der Waals surface area contributed by atoms with Gasteiger partial charge in [0.1, 0.15) is 0 Å². The molecule has 3 N–H and O–H groups in total. The Balaban J connectivity index is 1.93. The first-order valence-electron chi connectivity index (χ1n) is 6.15. The van der Waals surface area contributed by atoms with Crippen LogP contribution in [0.25, 0.3) is 0 Å². The number of nitrogens with one attached hydrogen (secondary N) is 2. The van der Waals surface area contributed by atoms with Crippen LogP contribution in [0.5, 0.6) is 0 Å². The number of amides is 2. The van der Waals surface area contributed by atoms with Crippen molar-refractivity contribution in [2.24, 2.45) is 0 Å². The zero-order valence-corrected chi connectivity index (χ0v) is 10.8. The van der Waals surface area contributed by atoms with Gasteiger partial charge in [0.05, 0.1) is 6.04 Å². The molecule has 1 atom stereocenters. The second kappa shape index (κ2) is 6.07. The number of aliphatic hydroxyl groups is 1. The lowest BCUT2D eigenvalue weighted by Crippen LogP contribution is -2.38. The SMILES string of the molecule is O=C(NCCCO)NC1CCc2c(Cl)cccc21. The van der Waals surface area contributed by atoms with Crippen LogP contribution in [0.15, 0.2) is 18.2 Å². The Labute approximate surface area is 111 Å². The van der Waals surface area contributed by atoms with Crippen LogP contribution in [0.2, 0.25) is 5.02 Å². The van der Waals surface area contributed by atoms with E-state index in [2.05, 4.69) is 10.6 Å². The molecule has 0 heterocycles. The molecule has 0 spiro atoms. The van der Waals surface area contributed by atoms with Crippen molar-refractivity contribution in [1.29, 1.82) is 0 Å². The van der Waals surface area contributed by atoms with Crippen LogP contribution in [0.4, 0.5) is 4.79 Å². The molecule has 1 aliphatic rings. The minimum absolute atomic E-state index is 0.0350. The number of aliphatic hydroxyl groups excluding tert-OH is 1. The number of fused-ring (bicyclic) bond motifs is 1. The van der Waals surface area contributed by atoms with Crippen molar-refractivity contribution < 1.29 is 9.90 Å². The maximum atomic E-state index is 11.6. The normalized spacial score (nSPS) is 17.3. The van der Waals surface area contributed by atoms with Gasteiger partial charge in [-0.1, -0.05) is 23.7 Å². The number of halogens is 1. The second-order valence-corrected chi connectivity index (χ2v) is 4.78. The van der Waals surface area contributed by atoms with Gasteiger partial charge in [-0.2, -0.15) is 0 Å². The molecule has 98 valence electrons.